The topological polar surface area (TPSA) is 31.4 Å². The first kappa shape index (κ1) is 15.3. The second-order valence-corrected chi connectivity index (χ2v) is 5.81. The summed E-state index contributed by atoms with van der Waals surface area (Å²) in [6, 6.07) is 16.0. The number of ether oxygens (including phenoxy) is 2. The predicted molar refractivity (Wildman–Crippen MR) is 96.0 cm³/mol. The van der Waals surface area contributed by atoms with Gasteiger partial charge in [-0.25, -0.2) is 4.98 Å². The molecule has 3 rings (SSSR count). The highest BCUT2D eigenvalue weighted by molar-refractivity contribution is 7.10. The summed E-state index contributed by atoms with van der Waals surface area (Å²) in [6.45, 7) is 0. The maximum Gasteiger partial charge on any atom is 0.123 e. The molecular formula is C19H17NO2S. The molecule has 0 spiro atoms. The van der Waals surface area contributed by atoms with Crippen molar-refractivity contribution in [2.45, 2.75) is 0 Å². The van der Waals surface area contributed by atoms with Crippen LogP contribution in [0.5, 0.6) is 11.5 Å². The van der Waals surface area contributed by atoms with Gasteiger partial charge in [0.2, 0.25) is 0 Å². The zero-order chi connectivity index (χ0) is 16.1. The molecule has 3 aromatic rings. The molecule has 1 aromatic heterocycles. The van der Waals surface area contributed by atoms with Gasteiger partial charge in [0.25, 0.3) is 0 Å². The smallest absolute Gasteiger partial charge is 0.123 e. The number of aromatic nitrogens is 1. The van der Waals surface area contributed by atoms with Gasteiger partial charge in [0.05, 0.1) is 19.9 Å². The largest absolute Gasteiger partial charge is 0.497 e. The van der Waals surface area contributed by atoms with Gasteiger partial charge < -0.3 is 9.47 Å². The Morgan fingerprint density at radius 1 is 0.913 bits per heavy atom. The second kappa shape index (κ2) is 7.11. The lowest BCUT2D eigenvalue weighted by molar-refractivity contribution is 0.394. The molecule has 116 valence electrons. The summed E-state index contributed by atoms with van der Waals surface area (Å²) >= 11 is 1.62. The molecule has 1 heterocycles. The summed E-state index contributed by atoms with van der Waals surface area (Å²) in [5, 5.41) is 3.03. The van der Waals surface area contributed by atoms with Crippen LogP contribution in [-0.4, -0.2) is 19.2 Å². The van der Waals surface area contributed by atoms with Crippen LogP contribution >= 0.6 is 11.3 Å². The fraction of sp³-hybridized carbons (Fsp3) is 0.105. The number of benzene rings is 2. The minimum atomic E-state index is 0.771. The van der Waals surface area contributed by atoms with Gasteiger partial charge in [-0.2, -0.15) is 0 Å². The summed E-state index contributed by atoms with van der Waals surface area (Å²) in [4.78, 5) is 4.65. The van der Waals surface area contributed by atoms with Gasteiger partial charge in [0.1, 0.15) is 16.5 Å². The Kier molecular flexibility index (Phi) is 4.74. The van der Waals surface area contributed by atoms with Crippen LogP contribution in [0.25, 0.3) is 23.4 Å². The Bertz CT molecular complexity index is 787. The molecule has 0 fully saturated rings. The van der Waals surface area contributed by atoms with Crippen molar-refractivity contribution in [3.05, 3.63) is 64.5 Å². The molecule has 2 aromatic carbocycles. The Labute approximate surface area is 139 Å². The van der Waals surface area contributed by atoms with Gasteiger partial charge in [0.15, 0.2) is 0 Å². The monoisotopic (exact) mass is 323 g/mol. The molecule has 4 heteroatoms. The first-order chi connectivity index (χ1) is 11.3. The molecule has 0 aliphatic heterocycles. The molecule has 0 unspecified atom stereocenters. The molecule has 23 heavy (non-hydrogen) atoms. The van der Waals surface area contributed by atoms with E-state index in [2.05, 4.69) is 22.5 Å². The van der Waals surface area contributed by atoms with Crippen molar-refractivity contribution < 1.29 is 9.47 Å². The number of thiazole rings is 1. The standard InChI is InChI=1S/C19H17NO2S/c1-21-16-10-14(11-17(12-16)22-2)8-9-19-20-18(13-23-19)15-6-4-3-5-7-15/h3-13H,1-2H3/b9-8+. The van der Waals surface area contributed by atoms with E-state index in [0.29, 0.717) is 0 Å². The van der Waals surface area contributed by atoms with E-state index in [1.54, 1.807) is 25.6 Å². The maximum absolute atomic E-state index is 5.28. The maximum atomic E-state index is 5.28. The lowest BCUT2D eigenvalue weighted by Gasteiger charge is -2.05. The molecule has 0 radical (unpaired) electrons. The average molecular weight is 323 g/mol. The van der Waals surface area contributed by atoms with E-state index >= 15 is 0 Å². The minimum Gasteiger partial charge on any atom is -0.497 e. The molecule has 0 aliphatic carbocycles. The highest BCUT2D eigenvalue weighted by Crippen LogP contribution is 2.25. The molecule has 0 saturated carbocycles. The van der Waals surface area contributed by atoms with Crippen LogP contribution in [0.1, 0.15) is 10.6 Å². The van der Waals surface area contributed by atoms with E-state index < -0.39 is 0 Å². The van der Waals surface area contributed by atoms with Crippen molar-refractivity contribution >= 4 is 23.5 Å². The SMILES string of the molecule is COc1cc(/C=C/c2nc(-c3ccccc3)cs2)cc(OC)c1. The fourth-order valence-corrected chi connectivity index (χ4v) is 2.92. The van der Waals surface area contributed by atoms with E-state index in [-0.39, 0.29) is 0 Å². The first-order valence-corrected chi connectivity index (χ1v) is 8.08. The van der Waals surface area contributed by atoms with Crippen LogP contribution in [0.4, 0.5) is 0 Å². The number of methoxy groups -OCH3 is 2. The molecule has 0 atom stereocenters. The van der Waals surface area contributed by atoms with Crippen LogP contribution in [0.3, 0.4) is 0 Å². The Morgan fingerprint density at radius 2 is 1.61 bits per heavy atom. The van der Waals surface area contributed by atoms with Gasteiger partial charge >= 0.3 is 0 Å². The van der Waals surface area contributed by atoms with E-state index in [9.17, 15) is 0 Å². The molecule has 0 N–H and O–H groups in total. The summed E-state index contributed by atoms with van der Waals surface area (Å²) in [5.41, 5.74) is 3.14. The quantitative estimate of drug-likeness (QED) is 0.662. The zero-order valence-electron chi connectivity index (χ0n) is 13.0. The highest BCUT2D eigenvalue weighted by Gasteiger charge is 2.03. The van der Waals surface area contributed by atoms with E-state index in [1.165, 1.54) is 0 Å². The third-order valence-electron chi connectivity index (χ3n) is 3.38. The fourth-order valence-electron chi connectivity index (χ4n) is 2.20. The van der Waals surface area contributed by atoms with Crippen molar-refractivity contribution in [3.63, 3.8) is 0 Å². The van der Waals surface area contributed by atoms with Crippen molar-refractivity contribution in [1.82, 2.24) is 4.98 Å². The third kappa shape index (κ3) is 3.79. The number of hydrogen-bond acceptors (Lipinski definition) is 4. The van der Waals surface area contributed by atoms with Crippen molar-refractivity contribution in [3.8, 4) is 22.8 Å². The van der Waals surface area contributed by atoms with Crippen LogP contribution in [0, 0.1) is 0 Å². The van der Waals surface area contributed by atoms with Crippen molar-refractivity contribution in [1.29, 1.82) is 0 Å². The van der Waals surface area contributed by atoms with E-state index in [4.69, 9.17) is 9.47 Å². The molecule has 0 bridgehead atoms. The Morgan fingerprint density at radius 3 is 2.26 bits per heavy atom. The van der Waals surface area contributed by atoms with E-state index in [0.717, 1.165) is 33.3 Å². The zero-order valence-corrected chi connectivity index (χ0v) is 13.8. The van der Waals surface area contributed by atoms with Crippen LogP contribution < -0.4 is 9.47 Å². The first-order valence-electron chi connectivity index (χ1n) is 7.20. The predicted octanol–water partition coefficient (Wildman–Crippen LogP) is 5.00. The second-order valence-electron chi connectivity index (χ2n) is 4.92. The molecule has 0 aliphatic rings. The van der Waals surface area contributed by atoms with Crippen LogP contribution in [0.15, 0.2) is 53.9 Å². The van der Waals surface area contributed by atoms with Crippen molar-refractivity contribution in [2.24, 2.45) is 0 Å². The lowest BCUT2D eigenvalue weighted by atomic mass is 10.2. The summed E-state index contributed by atoms with van der Waals surface area (Å²) < 4.78 is 10.6. The summed E-state index contributed by atoms with van der Waals surface area (Å²) in [7, 11) is 3.30. The summed E-state index contributed by atoms with van der Waals surface area (Å²) in [5.74, 6) is 1.54. The van der Waals surface area contributed by atoms with Crippen molar-refractivity contribution in [2.75, 3.05) is 14.2 Å². The lowest BCUT2D eigenvalue weighted by Crippen LogP contribution is -1.88. The number of nitrogens with zero attached hydrogens (tertiary/aromatic N) is 1. The average Bonchev–Trinajstić information content (AvgIpc) is 3.09. The van der Waals surface area contributed by atoms with E-state index in [1.807, 2.05) is 48.6 Å². The molecule has 0 amide bonds. The van der Waals surface area contributed by atoms with Gasteiger partial charge in [0, 0.05) is 17.0 Å². The van der Waals surface area contributed by atoms with Gasteiger partial charge in [-0.15, -0.1) is 11.3 Å². The minimum absolute atomic E-state index is 0.771. The van der Waals surface area contributed by atoms with Gasteiger partial charge in [-0.05, 0) is 23.8 Å². The molecular weight excluding hydrogens is 306 g/mol. The number of hydrogen-bond donors (Lipinski definition) is 0. The van der Waals surface area contributed by atoms with Gasteiger partial charge in [-0.1, -0.05) is 36.4 Å². The Hall–Kier alpha value is -2.59. The Balaban J connectivity index is 1.82. The van der Waals surface area contributed by atoms with Gasteiger partial charge in [-0.3, -0.25) is 0 Å². The third-order valence-corrected chi connectivity index (χ3v) is 4.19. The highest BCUT2D eigenvalue weighted by atomic mass is 32.1. The normalized spacial score (nSPS) is 10.9. The number of rotatable bonds is 5. The molecule has 3 nitrogen and oxygen atoms in total. The summed E-state index contributed by atoms with van der Waals surface area (Å²) in [6.07, 6.45) is 4.02. The van der Waals surface area contributed by atoms with Crippen LogP contribution in [-0.2, 0) is 0 Å². The van der Waals surface area contributed by atoms with Crippen LogP contribution in [0.2, 0.25) is 0 Å². The molecule has 0 saturated heterocycles.